The molecule has 1 aromatic heterocycles. The van der Waals surface area contributed by atoms with Gasteiger partial charge in [0.15, 0.2) is 0 Å². The number of amides is 1. The molecule has 25 heavy (non-hydrogen) atoms. The average molecular weight is 344 g/mol. The molecule has 1 aliphatic rings. The standard InChI is InChI=1S/C18H24N4O3/c1-2-11-21(13-7-9-19-10-8-13)16(23)12-22-17(24)14-5-3-4-6-15(14)20-18(22)25/h3-6,13,19H,2,7-12H2,1H3,(H,20,25). The number of rotatable bonds is 5. The van der Waals surface area contributed by atoms with Crippen LogP contribution in [0.2, 0.25) is 0 Å². The normalized spacial score (nSPS) is 15.4. The fourth-order valence-electron chi connectivity index (χ4n) is 3.44. The number of aromatic amines is 1. The third-order valence-electron chi connectivity index (χ3n) is 4.72. The molecule has 0 radical (unpaired) electrons. The van der Waals surface area contributed by atoms with E-state index in [1.807, 2.05) is 11.8 Å². The monoisotopic (exact) mass is 344 g/mol. The van der Waals surface area contributed by atoms with Gasteiger partial charge in [-0.15, -0.1) is 0 Å². The maximum Gasteiger partial charge on any atom is 0.329 e. The van der Waals surface area contributed by atoms with Gasteiger partial charge in [-0.2, -0.15) is 0 Å². The van der Waals surface area contributed by atoms with E-state index in [1.165, 1.54) is 0 Å². The summed E-state index contributed by atoms with van der Waals surface area (Å²) in [4.78, 5) is 42.2. The summed E-state index contributed by atoms with van der Waals surface area (Å²) in [6.45, 7) is 4.21. The highest BCUT2D eigenvalue weighted by atomic mass is 16.2. The Kier molecular flexibility index (Phi) is 5.33. The number of nitrogens with zero attached hydrogens (tertiary/aromatic N) is 2. The van der Waals surface area contributed by atoms with Crippen LogP contribution in [-0.2, 0) is 11.3 Å². The first-order valence-electron chi connectivity index (χ1n) is 8.84. The van der Waals surface area contributed by atoms with E-state index in [2.05, 4.69) is 10.3 Å². The molecule has 3 rings (SSSR count). The van der Waals surface area contributed by atoms with Crippen molar-refractivity contribution in [1.82, 2.24) is 19.8 Å². The quantitative estimate of drug-likeness (QED) is 0.835. The van der Waals surface area contributed by atoms with E-state index >= 15 is 0 Å². The minimum Gasteiger partial charge on any atom is -0.338 e. The second-order valence-corrected chi connectivity index (χ2v) is 6.44. The Bertz CT molecular complexity index is 864. The maximum atomic E-state index is 12.8. The van der Waals surface area contributed by atoms with Crippen molar-refractivity contribution in [1.29, 1.82) is 0 Å². The molecule has 0 saturated carbocycles. The molecule has 7 nitrogen and oxygen atoms in total. The van der Waals surface area contributed by atoms with E-state index in [1.54, 1.807) is 24.3 Å². The van der Waals surface area contributed by atoms with Crippen LogP contribution in [0.5, 0.6) is 0 Å². The molecule has 1 amide bonds. The van der Waals surface area contributed by atoms with Gasteiger partial charge in [-0.3, -0.25) is 14.2 Å². The fraction of sp³-hybridized carbons (Fsp3) is 0.500. The van der Waals surface area contributed by atoms with E-state index in [-0.39, 0.29) is 18.5 Å². The van der Waals surface area contributed by atoms with Crippen LogP contribution >= 0.6 is 0 Å². The van der Waals surface area contributed by atoms with Crippen LogP contribution in [0.3, 0.4) is 0 Å². The van der Waals surface area contributed by atoms with Crippen LogP contribution < -0.4 is 16.6 Å². The Morgan fingerprint density at radius 3 is 2.68 bits per heavy atom. The van der Waals surface area contributed by atoms with Gasteiger partial charge >= 0.3 is 5.69 Å². The Labute approximate surface area is 145 Å². The lowest BCUT2D eigenvalue weighted by molar-refractivity contribution is -0.134. The van der Waals surface area contributed by atoms with E-state index in [0.717, 1.165) is 36.9 Å². The van der Waals surface area contributed by atoms with Gasteiger partial charge in [0.25, 0.3) is 5.56 Å². The van der Waals surface area contributed by atoms with Crippen LogP contribution in [0.1, 0.15) is 26.2 Å². The average Bonchev–Trinajstić information content (AvgIpc) is 2.63. The third-order valence-corrected chi connectivity index (χ3v) is 4.72. The summed E-state index contributed by atoms with van der Waals surface area (Å²) in [6, 6.07) is 7.01. The minimum atomic E-state index is -0.543. The van der Waals surface area contributed by atoms with Crippen molar-refractivity contribution in [3.05, 3.63) is 45.1 Å². The second-order valence-electron chi connectivity index (χ2n) is 6.44. The zero-order valence-corrected chi connectivity index (χ0v) is 14.5. The Morgan fingerprint density at radius 2 is 1.96 bits per heavy atom. The Morgan fingerprint density at radius 1 is 1.24 bits per heavy atom. The smallest absolute Gasteiger partial charge is 0.329 e. The van der Waals surface area contributed by atoms with Crippen molar-refractivity contribution in [3.63, 3.8) is 0 Å². The van der Waals surface area contributed by atoms with Crippen molar-refractivity contribution < 1.29 is 4.79 Å². The first kappa shape index (κ1) is 17.4. The van der Waals surface area contributed by atoms with Gasteiger partial charge in [0, 0.05) is 12.6 Å². The molecule has 1 fully saturated rings. The summed E-state index contributed by atoms with van der Waals surface area (Å²) in [5.74, 6) is -0.170. The number of H-pyrrole nitrogens is 1. The van der Waals surface area contributed by atoms with Crippen molar-refractivity contribution in [2.24, 2.45) is 0 Å². The molecule has 2 N–H and O–H groups in total. The minimum absolute atomic E-state index is 0.170. The van der Waals surface area contributed by atoms with Gasteiger partial charge in [-0.1, -0.05) is 19.1 Å². The number of para-hydroxylation sites is 1. The van der Waals surface area contributed by atoms with Crippen molar-refractivity contribution in [2.75, 3.05) is 19.6 Å². The summed E-state index contributed by atoms with van der Waals surface area (Å²) in [6.07, 6.45) is 2.64. The Hall–Kier alpha value is -2.41. The molecule has 2 heterocycles. The molecule has 0 aliphatic carbocycles. The Balaban J connectivity index is 1.89. The number of fused-ring (bicyclic) bond motifs is 1. The molecule has 0 unspecified atom stereocenters. The van der Waals surface area contributed by atoms with E-state index in [4.69, 9.17) is 0 Å². The summed E-state index contributed by atoms with van der Waals surface area (Å²) in [7, 11) is 0. The van der Waals surface area contributed by atoms with E-state index < -0.39 is 11.2 Å². The zero-order chi connectivity index (χ0) is 17.8. The number of hydrogen-bond donors (Lipinski definition) is 2. The molecule has 0 bridgehead atoms. The predicted molar refractivity (Wildman–Crippen MR) is 96.7 cm³/mol. The predicted octanol–water partition coefficient (Wildman–Crippen LogP) is 0.680. The molecule has 2 aromatic rings. The summed E-state index contributed by atoms with van der Waals surface area (Å²) in [5.41, 5.74) is -0.474. The molecular formula is C18H24N4O3. The highest BCUT2D eigenvalue weighted by molar-refractivity contribution is 5.79. The SMILES string of the molecule is CCCN(C(=O)Cn1c(=O)[nH]c2ccccc2c1=O)C1CCNCC1. The van der Waals surface area contributed by atoms with Gasteiger partial charge < -0.3 is 15.2 Å². The topological polar surface area (TPSA) is 87.2 Å². The number of carbonyl (C=O) groups excluding carboxylic acids is 1. The molecule has 1 saturated heterocycles. The summed E-state index contributed by atoms with van der Waals surface area (Å²) >= 11 is 0. The third kappa shape index (κ3) is 3.66. The number of carbonyl (C=O) groups is 1. The molecule has 1 aliphatic heterocycles. The van der Waals surface area contributed by atoms with Gasteiger partial charge in [0.05, 0.1) is 10.9 Å². The van der Waals surface area contributed by atoms with Crippen LogP contribution in [0.4, 0.5) is 0 Å². The number of aromatic nitrogens is 2. The molecular weight excluding hydrogens is 320 g/mol. The van der Waals surface area contributed by atoms with Crippen LogP contribution in [0.25, 0.3) is 10.9 Å². The highest BCUT2D eigenvalue weighted by Gasteiger charge is 2.25. The lowest BCUT2D eigenvalue weighted by Crippen LogP contribution is -2.49. The number of nitrogens with one attached hydrogen (secondary N) is 2. The van der Waals surface area contributed by atoms with Gasteiger partial charge in [-0.05, 0) is 44.5 Å². The van der Waals surface area contributed by atoms with Gasteiger partial charge in [0.2, 0.25) is 5.91 Å². The number of hydrogen-bond acceptors (Lipinski definition) is 4. The van der Waals surface area contributed by atoms with Gasteiger partial charge in [-0.25, -0.2) is 4.79 Å². The van der Waals surface area contributed by atoms with Crippen LogP contribution in [0.15, 0.2) is 33.9 Å². The van der Waals surface area contributed by atoms with Crippen LogP contribution in [0, 0.1) is 0 Å². The highest BCUT2D eigenvalue weighted by Crippen LogP contribution is 2.13. The molecule has 1 aromatic carbocycles. The lowest BCUT2D eigenvalue weighted by atomic mass is 10.0. The maximum absolute atomic E-state index is 12.8. The largest absolute Gasteiger partial charge is 0.338 e. The summed E-state index contributed by atoms with van der Waals surface area (Å²) in [5, 5.41) is 3.71. The fourth-order valence-corrected chi connectivity index (χ4v) is 3.44. The second kappa shape index (κ2) is 7.65. The lowest BCUT2D eigenvalue weighted by Gasteiger charge is -2.34. The van der Waals surface area contributed by atoms with Crippen LogP contribution in [-0.4, -0.2) is 46.0 Å². The molecule has 0 spiro atoms. The molecule has 134 valence electrons. The van der Waals surface area contributed by atoms with Crippen molar-refractivity contribution >= 4 is 16.8 Å². The molecule has 7 heteroatoms. The van der Waals surface area contributed by atoms with Gasteiger partial charge in [0.1, 0.15) is 6.54 Å². The molecule has 0 atom stereocenters. The van der Waals surface area contributed by atoms with Crippen molar-refractivity contribution in [2.45, 2.75) is 38.8 Å². The van der Waals surface area contributed by atoms with E-state index in [0.29, 0.717) is 17.4 Å². The first-order valence-corrected chi connectivity index (χ1v) is 8.84. The number of piperidine rings is 1. The zero-order valence-electron chi connectivity index (χ0n) is 14.5. The number of benzene rings is 1. The van der Waals surface area contributed by atoms with E-state index in [9.17, 15) is 14.4 Å². The first-order chi connectivity index (χ1) is 12.1. The summed E-state index contributed by atoms with van der Waals surface area (Å²) < 4.78 is 1.01. The van der Waals surface area contributed by atoms with Crippen molar-refractivity contribution in [3.8, 4) is 0 Å².